The third-order valence-corrected chi connectivity index (χ3v) is 2.99. The SMILES string of the molecule is Fc1ccc2c(c1)CCNc1ccccc1-2. The number of hydrogen-bond donors (Lipinski definition) is 1. The molecule has 1 aliphatic heterocycles. The van der Waals surface area contributed by atoms with Gasteiger partial charge in [0, 0.05) is 17.8 Å². The van der Waals surface area contributed by atoms with Crippen LogP contribution in [0.25, 0.3) is 11.1 Å². The van der Waals surface area contributed by atoms with Crippen LogP contribution in [-0.4, -0.2) is 6.54 Å². The Bertz CT molecular complexity index is 534. The normalized spacial score (nSPS) is 13.3. The highest BCUT2D eigenvalue weighted by atomic mass is 19.1. The van der Waals surface area contributed by atoms with Gasteiger partial charge in [-0.25, -0.2) is 4.39 Å². The summed E-state index contributed by atoms with van der Waals surface area (Å²) in [7, 11) is 0. The largest absolute Gasteiger partial charge is 0.384 e. The molecule has 2 aromatic carbocycles. The van der Waals surface area contributed by atoms with E-state index in [2.05, 4.69) is 17.4 Å². The highest BCUT2D eigenvalue weighted by Crippen LogP contribution is 2.33. The summed E-state index contributed by atoms with van der Waals surface area (Å²) in [5, 5.41) is 3.37. The fourth-order valence-corrected chi connectivity index (χ4v) is 2.24. The molecule has 0 spiro atoms. The summed E-state index contributed by atoms with van der Waals surface area (Å²) < 4.78 is 13.2. The van der Waals surface area contributed by atoms with Gasteiger partial charge in [-0.3, -0.25) is 0 Å². The zero-order valence-electron chi connectivity index (χ0n) is 8.83. The number of hydrogen-bond acceptors (Lipinski definition) is 1. The Morgan fingerprint density at radius 3 is 2.81 bits per heavy atom. The van der Waals surface area contributed by atoms with Crippen molar-refractivity contribution in [2.24, 2.45) is 0 Å². The van der Waals surface area contributed by atoms with Crippen LogP contribution >= 0.6 is 0 Å². The molecule has 2 aromatic rings. The van der Waals surface area contributed by atoms with Crippen molar-refractivity contribution in [1.82, 2.24) is 0 Å². The van der Waals surface area contributed by atoms with Crippen molar-refractivity contribution in [1.29, 1.82) is 0 Å². The highest BCUT2D eigenvalue weighted by molar-refractivity contribution is 5.81. The van der Waals surface area contributed by atoms with E-state index in [1.165, 1.54) is 6.07 Å². The number of para-hydroxylation sites is 1. The van der Waals surface area contributed by atoms with Crippen molar-refractivity contribution >= 4 is 5.69 Å². The van der Waals surface area contributed by atoms with Gasteiger partial charge >= 0.3 is 0 Å². The standard InChI is InChI=1S/C14H12FN/c15-11-5-6-12-10(9-11)7-8-16-14-4-2-1-3-13(12)14/h1-6,9,16H,7-8H2. The van der Waals surface area contributed by atoms with Crippen LogP contribution in [0.1, 0.15) is 5.56 Å². The Labute approximate surface area is 93.9 Å². The first-order valence-electron chi connectivity index (χ1n) is 5.46. The lowest BCUT2D eigenvalue weighted by atomic mass is 9.98. The van der Waals surface area contributed by atoms with E-state index in [-0.39, 0.29) is 5.82 Å². The maximum Gasteiger partial charge on any atom is 0.123 e. The Kier molecular flexibility index (Phi) is 2.13. The Hall–Kier alpha value is -1.83. The molecule has 1 heterocycles. The first kappa shape index (κ1) is 9.40. The zero-order chi connectivity index (χ0) is 11.0. The molecular weight excluding hydrogens is 201 g/mol. The number of benzene rings is 2. The lowest BCUT2D eigenvalue weighted by Crippen LogP contribution is -2.02. The minimum Gasteiger partial charge on any atom is -0.384 e. The molecule has 1 nitrogen and oxygen atoms in total. The number of halogens is 1. The van der Waals surface area contributed by atoms with Crippen LogP contribution in [0.4, 0.5) is 10.1 Å². The molecule has 0 saturated carbocycles. The van der Waals surface area contributed by atoms with Crippen LogP contribution in [0.2, 0.25) is 0 Å². The maximum atomic E-state index is 13.2. The first-order chi connectivity index (χ1) is 7.84. The van der Waals surface area contributed by atoms with Gasteiger partial charge in [-0.1, -0.05) is 24.3 Å². The molecule has 0 aliphatic carbocycles. The molecule has 80 valence electrons. The van der Waals surface area contributed by atoms with E-state index in [1.54, 1.807) is 6.07 Å². The fourth-order valence-electron chi connectivity index (χ4n) is 2.24. The summed E-state index contributed by atoms with van der Waals surface area (Å²) in [6, 6.07) is 13.2. The molecular formula is C14H12FN. The summed E-state index contributed by atoms with van der Waals surface area (Å²) in [5.74, 6) is -0.155. The van der Waals surface area contributed by atoms with Crippen molar-refractivity contribution in [2.45, 2.75) is 6.42 Å². The third-order valence-electron chi connectivity index (χ3n) is 2.99. The van der Waals surface area contributed by atoms with E-state index in [0.29, 0.717) is 0 Å². The predicted molar refractivity (Wildman–Crippen MR) is 64.0 cm³/mol. The molecule has 0 amide bonds. The smallest absolute Gasteiger partial charge is 0.123 e. The molecule has 0 atom stereocenters. The summed E-state index contributed by atoms with van der Waals surface area (Å²) >= 11 is 0. The number of rotatable bonds is 0. The fraction of sp³-hybridized carbons (Fsp3) is 0.143. The van der Waals surface area contributed by atoms with Gasteiger partial charge in [0.25, 0.3) is 0 Å². The van der Waals surface area contributed by atoms with Crippen LogP contribution in [-0.2, 0) is 6.42 Å². The van der Waals surface area contributed by atoms with Crippen molar-refractivity contribution in [3.63, 3.8) is 0 Å². The second kappa shape index (κ2) is 3.63. The van der Waals surface area contributed by atoms with Crippen LogP contribution < -0.4 is 5.32 Å². The molecule has 0 fully saturated rings. The lowest BCUT2D eigenvalue weighted by Gasteiger charge is -2.08. The van der Waals surface area contributed by atoms with Crippen LogP contribution in [0, 0.1) is 5.82 Å². The van der Waals surface area contributed by atoms with Gasteiger partial charge in [-0.15, -0.1) is 0 Å². The average Bonchev–Trinajstić information content (AvgIpc) is 2.47. The van der Waals surface area contributed by atoms with E-state index in [0.717, 1.165) is 35.3 Å². The Morgan fingerprint density at radius 2 is 1.88 bits per heavy atom. The van der Waals surface area contributed by atoms with Gasteiger partial charge < -0.3 is 5.32 Å². The Balaban J connectivity index is 2.25. The minimum atomic E-state index is -0.155. The predicted octanol–water partition coefficient (Wildman–Crippen LogP) is 3.46. The van der Waals surface area contributed by atoms with Crippen molar-refractivity contribution < 1.29 is 4.39 Å². The molecule has 0 unspecified atom stereocenters. The highest BCUT2D eigenvalue weighted by Gasteiger charge is 2.13. The van der Waals surface area contributed by atoms with Gasteiger partial charge in [-0.2, -0.15) is 0 Å². The molecule has 1 aliphatic rings. The lowest BCUT2D eigenvalue weighted by molar-refractivity contribution is 0.626. The second-order valence-electron chi connectivity index (χ2n) is 4.02. The minimum absolute atomic E-state index is 0.155. The quantitative estimate of drug-likeness (QED) is 0.706. The maximum absolute atomic E-state index is 13.2. The average molecular weight is 213 g/mol. The molecule has 0 saturated heterocycles. The molecule has 2 heteroatoms. The Morgan fingerprint density at radius 1 is 1.00 bits per heavy atom. The molecule has 1 N–H and O–H groups in total. The summed E-state index contributed by atoms with van der Waals surface area (Å²) in [4.78, 5) is 0. The van der Waals surface area contributed by atoms with Crippen molar-refractivity contribution in [2.75, 3.05) is 11.9 Å². The third kappa shape index (κ3) is 1.47. The number of anilines is 1. The zero-order valence-corrected chi connectivity index (χ0v) is 8.83. The number of nitrogens with one attached hydrogen (secondary N) is 1. The van der Waals surface area contributed by atoms with Gasteiger partial charge in [0.2, 0.25) is 0 Å². The topological polar surface area (TPSA) is 12.0 Å². The molecule has 16 heavy (non-hydrogen) atoms. The van der Waals surface area contributed by atoms with Gasteiger partial charge in [0.05, 0.1) is 0 Å². The monoisotopic (exact) mass is 213 g/mol. The molecule has 0 radical (unpaired) electrons. The van der Waals surface area contributed by atoms with Crippen molar-refractivity contribution in [3.8, 4) is 11.1 Å². The summed E-state index contributed by atoms with van der Waals surface area (Å²) in [6.07, 6.45) is 0.863. The summed E-state index contributed by atoms with van der Waals surface area (Å²) in [6.45, 7) is 0.855. The van der Waals surface area contributed by atoms with E-state index in [1.807, 2.05) is 18.2 Å². The molecule has 0 aromatic heterocycles. The number of fused-ring (bicyclic) bond motifs is 3. The van der Waals surface area contributed by atoms with Crippen molar-refractivity contribution in [3.05, 3.63) is 53.8 Å². The van der Waals surface area contributed by atoms with Gasteiger partial charge in [0.15, 0.2) is 0 Å². The van der Waals surface area contributed by atoms with Gasteiger partial charge in [-0.05, 0) is 35.7 Å². The first-order valence-corrected chi connectivity index (χ1v) is 5.46. The van der Waals surface area contributed by atoms with Gasteiger partial charge in [0.1, 0.15) is 5.82 Å². The van der Waals surface area contributed by atoms with E-state index < -0.39 is 0 Å². The van der Waals surface area contributed by atoms with Crippen LogP contribution in [0.15, 0.2) is 42.5 Å². The molecule has 0 bridgehead atoms. The molecule has 3 rings (SSSR count). The van der Waals surface area contributed by atoms with Crippen LogP contribution in [0.3, 0.4) is 0 Å². The van der Waals surface area contributed by atoms with E-state index in [4.69, 9.17) is 0 Å². The second-order valence-corrected chi connectivity index (χ2v) is 4.02. The van der Waals surface area contributed by atoms with E-state index in [9.17, 15) is 4.39 Å². The summed E-state index contributed by atoms with van der Waals surface area (Å²) in [5.41, 5.74) is 4.52. The van der Waals surface area contributed by atoms with E-state index >= 15 is 0 Å². The van der Waals surface area contributed by atoms with Crippen LogP contribution in [0.5, 0.6) is 0 Å².